The van der Waals surface area contributed by atoms with Crippen molar-refractivity contribution in [3.05, 3.63) is 71.9 Å². The van der Waals surface area contributed by atoms with E-state index in [4.69, 9.17) is 4.42 Å². The number of rotatable bonds is 5. The fourth-order valence-electron chi connectivity index (χ4n) is 2.20. The van der Waals surface area contributed by atoms with Crippen molar-refractivity contribution in [2.24, 2.45) is 0 Å². The number of carbonyl (C=O) groups is 1. The van der Waals surface area contributed by atoms with Crippen molar-refractivity contribution in [3.8, 4) is 11.5 Å². The molecule has 1 amide bonds. The Morgan fingerprint density at radius 2 is 1.91 bits per heavy atom. The first-order valence-corrected chi connectivity index (χ1v) is 7.40. The summed E-state index contributed by atoms with van der Waals surface area (Å²) < 4.78 is 5.66. The molecule has 116 valence electrons. The number of pyridine rings is 1. The molecule has 0 fully saturated rings. The van der Waals surface area contributed by atoms with Crippen molar-refractivity contribution in [2.45, 2.75) is 19.9 Å². The van der Waals surface area contributed by atoms with Gasteiger partial charge in [-0.2, -0.15) is 0 Å². The molecule has 5 heteroatoms. The van der Waals surface area contributed by atoms with E-state index in [0.29, 0.717) is 23.9 Å². The second-order valence-electron chi connectivity index (χ2n) is 5.16. The first-order valence-electron chi connectivity index (χ1n) is 7.40. The third-order valence-electron chi connectivity index (χ3n) is 3.43. The highest BCUT2D eigenvalue weighted by Gasteiger charge is 2.14. The van der Waals surface area contributed by atoms with Crippen molar-refractivity contribution in [2.75, 3.05) is 0 Å². The molecule has 5 nitrogen and oxygen atoms in total. The van der Waals surface area contributed by atoms with Gasteiger partial charge in [-0.1, -0.05) is 24.3 Å². The normalized spacial score (nSPS) is 10.5. The lowest BCUT2D eigenvalue weighted by Gasteiger charge is -2.03. The Bertz CT molecular complexity index is 783. The number of carbonyl (C=O) groups excluding carboxylic acids is 1. The van der Waals surface area contributed by atoms with Crippen molar-refractivity contribution >= 4 is 5.91 Å². The molecule has 2 aromatic heterocycles. The summed E-state index contributed by atoms with van der Waals surface area (Å²) in [5.41, 5.74) is 2.38. The Hall–Kier alpha value is -2.95. The second-order valence-corrected chi connectivity index (χ2v) is 5.16. The maximum atomic E-state index is 12.1. The number of hydrogen-bond acceptors (Lipinski definition) is 4. The quantitative estimate of drug-likeness (QED) is 0.787. The van der Waals surface area contributed by atoms with E-state index >= 15 is 0 Å². The zero-order valence-electron chi connectivity index (χ0n) is 12.8. The molecule has 0 saturated carbocycles. The maximum absolute atomic E-state index is 12.1. The number of aromatic nitrogens is 2. The Morgan fingerprint density at radius 3 is 2.65 bits per heavy atom. The van der Waals surface area contributed by atoms with Crippen LogP contribution in [0.1, 0.15) is 17.1 Å². The standard InChI is InChI=1S/C18H17N3O2/c1-13-16(21-18(23-13)14-7-3-2-4-8-14)11-17(22)20-12-15-9-5-6-10-19-15/h2-10H,11-12H2,1H3,(H,20,22). The van der Waals surface area contributed by atoms with Gasteiger partial charge in [0, 0.05) is 11.8 Å². The predicted molar refractivity (Wildman–Crippen MR) is 86.5 cm³/mol. The molecule has 1 N–H and O–H groups in total. The van der Waals surface area contributed by atoms with Crippen molar-refractivity contribution in [1.82, 2.24) is 15.3 Å². The number of nitrogens with zero attached hydrogens (tertiary/aromatic N) is 2. The van der Waals surface area contributed by atoms with Crippen molar-refractivity contribution in [1.29, 1.82) is 0 Å². The van der Waals surface area contributed by atoms with Crippen LogP contribution in [0.15, 0.2) is 59.1 Å². The van der Waals surface area contributed by atoms with E-state index in [9.17, 15) is 4.79 Å². The highest BCUT2D eigenvalue weighted by atomic mass is 16.4. The molecule has 0 aliphatic rings. The number of amides is 1. The monoisotopic (exact) mass is 307 g/mol. The Kier molecular flexibility index (Phi) is 4.47. The van der Waals surface area contributed by atoms with Crippen LogP contribution in [0.25, 0.3) is 11.5 Å². The van der Waals surface area contributed by atoms with E-state index in [-0.39, 0.29) is 12.3 Å². The fourth-order valence-corrected chi connectivity index (χ4v) is 2.20. The molecule has 0 radical (unpaired) electrons. The number of aryl methyl sites for hydroxylation is 1. The third-order valence-corrected chi connectivity index (χ3v) is 3.43. The number of benzene rings is 1. The summed E-state index contributed by atoms with van der Waals surface area (Å²) in [5.74, 6) is 1.10. The maximum Gasteiger partial charge on any atom is 0.226 e. The molecule has 0 spiro atoms. The molecule has 1 aromatic carbocycles. The van der Waals surface area contributed by atoms with E-state index in [0.717, 1.165) is 11.3 Å². The number of hydrogen-bond donors (Lipinski definition) is 1. The summed E-state index contributed by atoms with van der Waals surface area (Å²) in [6.45, 7) is 2.23. The lowest BCUT2D eigenvalue weighted by Crippen LogP contribution is -2.25. The zero-order chi connectivity index (χ0) is 16.1. The molecule has 0 bridgehead atoms. The van der Waals surface area contributed by atoms with Crippen LogP contribution in [0.4, 0.5) is 0 Å². The average molecular weight is 307 g/mol. The van der Waals surface area contributed by atoms with Crippen molar-refractivity contribution in [3.63, 3.8) is 0 Å². The van der Waals surface area contributed by atoms with Crippen molar-refractivity contribution < 1.29 is 9.21 Å². The average Bonchev–Trinajstić information content (AvgIpc) is 2.95. The molecule has 0 unspecified atom stereocenters. The number of nitrogens with one attached hydrogen (secondary N) is 1. The van der Waals surface area contributed by atoms with Crippen LogP contribution in [-0.4, -0.2) is 15.9 Å². The van der Waals surface area contributed by atoms with Gasteiger partial charge >= 0.3 is 0 Å². The van der Waals surface area contributed by atoms with Crippen LogP contribution in [0.5, 0.6) is 0 Å². The van der Waals surface area contributed by atoms with E-state index in [1.165, 1.54) is 0 Å². The minimum atomic E-state index is -0.105. The van der Waals surface area contributed by atoms with Crippen LogP contribution in [0.2, 0.25) is 0 Å². The smallest absolute Gasteiger partial charge is 0.226 e. The molecule has 23 heavy (non-hydrogen) atoms. The molecular weight excluding hydrogens is 290 g/mol. The van der Waals surface area contributed by atoms with Crippen LogP contribution in [0.3, 0.4) is 0 Å². The van der Waals surface area contributed by atoms with Gasteiger partial charge in [-0.15, -0.1) is 0 Å². The Morgan fingerprint density at radius 1 is 1.13 bits per heavy atom. The summed E-state index contributed by atoms with van der Waals surface area (Å²) in [4.78, 5) is 20.7. The summed E-state index contributed by atoms with van der Waals surface area (Å²) in [7, 11) is 0. The zero-order valence-corrected chi connectivity index (χ0v) is 12.8. The van der Waals surface area contributed by atoms with Gasteiger partial charge in [-0.25, -0.2) is 4.98 Å². The number of oxazole rings is 1. The molecule has 0 aliphatic heterocycles. The molecule has 3 rings (SSSR count). The van der Waals surface area contributed by atoms with Crippen LogP contribution < -0.4 is 5.32 Å². The van der Waals surface area contributed by atoms with Gasteiger partial charge in [0.15, 0.2) is 0 Å². The lowest BCUT2D eigenvalue weighted by atomic mass is 10.2. The fraction of sp³-hybridized carbons (Fsp3) is 0.167. The largest absolute Gasteiger partial charge is 0.441 e. The summed E-state index contributed by atoms with van der Waals surface area (Å²) in [6, 6.07) is 15.2. The predicted octanol–water partition coefficient (Wildman–Crippen LogP) is 2.90. The van der Waals surface area contributed by atoms with Crippen LogP contribution in [-0.2, 0) is 17.8 Å². The van der Waals surface area contributed by atoms with Crippen LogP contribution in [0, 0.1) is 6.92 Å². The van der Waals surface area contributed by atoms with Gasteiger partial charge in [0.2, 0.25) is 11.8 Å². The second kappa shape index (κ2) is 6.87. The Balaban J connectivity index is 1.64. The van der Waals surface area contributed by atoms with E-state index in [2.05, 4.69) is 15.3 Å². The van der Waals surface area contributed by atoms with Gasteiger partial charge in [-0.3, -0.25) is 9.78 Å². The molecule has 0 saturated heterocycles. The van der Waals surface area contributed by atoms with E-state index < -0.39 is 0 Å². The Labute approximate surface area is 134 Å². The molecule has 0 atom stereocenters. The minimum absolute atomic E-state index is 0.105. The molecule has 0 aliphatic carbocycles. The highest BCUT2D eigenvalue weighted by molar-refractivity contribution is 5.78. The minimum Gasteiger partial charge on any atom is -0.441 e. The molecular formula is C18H17N3O2. The SMILES string of the molecule is Cc1oc(-c2ccccc2)nc1CC(=O)NCc1ccccn1. The lowest BCUT2D eigenvalue weighted by molar-refractivity contribution is -0.120. The van der Waals surface area contributed by atoms with Crippen LogP contribution >= 0.6 is 0 Å². The van der Waals surface area contributed by atoms with Gasteiger partial charge in [-0.05, 0) is 31.2 Å². The molecule has 3 aromatic rings. The summed E-state index contributed by atoms with van der Waals surface area (Å²) in [5, 5.41) is 2.84. The first-order chi connectivity index (χ1) is 11.2. The van der Waals surface area contributed by atoms with Gasteiger partial charge in [0.25, 0.3) is 0 Å². The van der Waals surface area contributed by atoms with E-state index in [1.807, 2.05) is 55.5 Å². The first kappa shape index (κ1) is 15.0. The molecule has 2 heterocycles. The summed E-state index contributed by atoms with van der Waals surface area (Å²) in [6.07, 6.45) is 1.89. The summed E-state index contributed by atoms with van der Waals surface area (Å²) >= 11 is 0. The highest BCUT2D eigenvalue weighted by Crippen LogP contribution is 2.21. The van der Waals surface area contributed by atoms with Gasteiger partial charge in [0.1, 0.15) is 5.76 Å². The topological polar surface area (TPSA) is 68.0 Å². The van der Waals surface area contributed by atoms with E-state index in [1.54, 1.807) is 6.20 Å². The third kappa shape index (κ3) is 3.83. The van der Waals surface area contributed by atoms with Gasteiger partial charge < -0.3 is 9.73 Å². The van der Waals surface area contributed by atoms with Gasteiger partial charge in [0.05, 0.1) is 24.4 Å².